The van der Waals surface area contributed by atoms with Gasteiger partial charge in [-0.2, -0.15) is 0 Å². The van der Waals surface area contributed by atoms with E-state index in [0.29, 0.717) is 46.4 Å². The topological polar surface area (TPSA) is 144 Å². The highest BCUT2D eigenvalue weighted by molar-refractivity contribution is 6.00. The van der Waals surface area contributed by atoms with Crippen molar-refractivity contribution in [3.63, 3.8) is 0 Å². The molecule has 0 radical (unpaired) electrons. The second-order valence-electron chi connectivity index (χ2n) is 12.3. The number of piperidine rings is 1. The van der Waals surface area contributed by atoms with Crippen molar-refractivity contribution in [1.29, 1.82) is 0 Å². The number of pyridine rings is 1. The average molecular weight is 626 g/mol. The lowest BCUT2D eigenvalue weighted by molar-refractivity contribution is 0.0606. The number of carbonyl (C=O) groups excluding carboxylic acids is 2. The zero-order valence-electron chi connectivity index (χ0n) is 26.0. The second kappa shape index (κ2) is 11.4. The molecule has 1 saturated heterocycles. The minimum Gasteiger partial charge on any atom is -0.496 e. The van der Waals surface area contributed by atoms with Crippen LogP contribution in [-0.2, 0) is 13.6 Å². The first kappa shape index (κ1) is 29.7. The highest BCUT2D eigenvalue weighted by Gasteiger charge is 2.31. The molecule has 0 unspecified atom stereocenters. The number of aromatic nitrogens is 4. The Kier molecular flexibility index (Phi) is 7.39. The highest BCUT2D eigenvalue weighted by Crippen LogP contribution is 2.38. The van der Waals surface area contributed by atoms with Crippen LogP contribution in [0, 0.1) is 5.92 Å². The summed E-state index contributed by atoms with van der Waals surface area (Å²) in [6, 6.07) is 14.3. The third kappa shape index (κ3) is 5.22. The van der Waals surface area contributed by atoms with Gasteiger partial charge < -0.3 is 35.0 Å². The van der Waals surface area contributed by atoms with Crippen molar-refractivity contribution in [3.05, 3.63) is 59.7 Å². The van der Waals surface area contributed by atoms with Crippen LogP contribution in [-0.4, -0.2) is 75.3 Å². The smallest absolute Gasteiger partial charge is 0.254 e. The molecule has 2 fully saturated rings. The number of halogens is 1. The summed E-state index contributed by atoms with van der Waals surface area (Å²) in [4.78, 5) is 36.9. The van der Waals surface area contributed by atoms with Gasteiger partial charge in [-0.05, 0) is 67.6 Å². The summed E-state index contributed by atoms with van der Waals surface area (Å²) >= 11 is 0. The van der Waals surface area contributed by atoms with Crippen LogP contribution < -0.4 is 20.9 Å². The maximum atomic E-state index is 14.3. The summed E-state index contributed by atoms with van der Waals surface area (Å²) in [5, 5.41) is 0.956. The number of nitrogens with two attached hydrogens (primary N) is 2. The zero-order chi connectivity index (χ0) is 32.3. The van der Waals surface area contributed by atoms with Crippen LogP contribution in [0.3, 0.4) is 0 Å². The number of fused-ring (bicyclic) bond motifs is 2. The van der Waals surface area contributed by atoms with E-state index in [1.807, 2.05) is 29.8 Å². The number of benzene rings is 2. The summed E-state index contributed by atoms with van der Waals surface area (Å²) in [6.07, 6.45) is 1.38. The number of aryl methyl sites for hydroxylation is 1. The molecular formula is C34H36FN7O4. The number of hydrogen-bond acceptors (Lipinski definition) is 7. The molecule has 12 heteroatoms. The van der Waals surface area contributed by atoms with Gasteiger partial charge in [-0.15, -0.1) is 0 Å². The monoisotopic (exact) mass is 625 g/mol. The molecule has 238 valence electrons. The largest absolute Gasteiger partial charge is 0.496 e. The summed E-state index contributed by atoms with van der Waals surface area (Å²) in [6.45, 7) is 1.09. The molecule has 5 aromatic rings. The molecule has 46 heavy (non-hydrogen) atoms. The van der Waals surface area contributed by atoms with Crippen LogP contribution in [0.5, 0.6) is 11.5 Å². The van der Waals surface area contributed by atoms with E-state index in [-0.39, 0.29) is 18.9 Å². The maximum absolute atomic E-state index is 14.3. The predicted octanol–water partition coefficient (Wildman–Crippen LogP) is 4.29. The summed E-state index contributed by atoms with van der Waals surface area (Å²) < 4.78 is 29.7. The Morgan fingerprint density at radius 1 is 1.00 bits per heavy atom. The van der Waals surface area contributed by atoms with Gasteiger partial charge in [0.25, 0.3) is 11.8 Å². The third-order valence-corrected chi connectivity index (χ3v) is 8.99. The number of methoxy groups -OCH3 is 2. The van der Waals surface area contributed by atoms with Crippen molar-refractivity contribution in [3.8, 4) is 34.3 Å². The lowest BCUT2D eigenvalue weighted by Gasteiger charge is -2.33. The number of likely N-dealkylation sites (tertiary alicyclic amines) is 1. The molecule has 4 N–H and O–H groups in total. The molecule has 0 bridgehead atoms. The minimum absolute atomic E-state index is 0.0126. The number of imidazole rings is 1. The van der Waals surface area contributed by atoms with E-state index in [0.717, 1.165) is 52.9 Å². The molecule has 4 heterocycles. The minimum atomic E-state index is -1.15. The predicted molar refractivity (Wildman–Crippen MR) is 173 cm³/mol. The quantitative estimate of drug-likeness (QED) is 0.262. The first-order valence-electron chi connectivity index (χ1n) is 15.4. The second-order valence-corrected chi connectivity index (χ2v) is 12.3. The Morgan fingerprint density at radius 2 is 1.78 bits per heavy atom. The van der Waals surface area contributed by atoms with Gasteiger partial charge in [0.1, 0.15) is 28.8 Å². The molecule has 7 rings (SSSR count). The van der Waals surface area contributed by atoms with Gasteiger partial charge in [0.15, 0.2) is 5.82 Å². The lowest BCUT2D eigenvalue weighted by Crippen LogP contribution is -2.50. The number of carbonyl (C=O) groups is 2. The highest BCUT2D eigenvalue weighted by atomic mass is 19.1. The van der Waals surface area contributed by atoms with Crippen LogP contribution in [0.2, 0.25) is 0 Å². The summed E-state index contributed by atoms with van der Waals surface area (Å²) in [7, 11) is 4.99. The Morgan fingerprint density at radius 3 is 2.48 bits per heavy atom. The van der Waals surface area contributed by atoms with Crippen LogP contribution in [0.25, 0.3) is 44.8 Å². The van der Waals surface area contributed by atoms with Gasteiger partial charge in [-0.1, -0.05) is 6.07 Å². The number of primary amides is 1. The lowest BCUT2D eigenvalue weighted by atomic mass is 10.0. The normalized spacial score (nSPS) is 18.3. The Hall–Kier alpha value is -4.97. The summed E-state index contributed by atoms with van der Waals surface area (Å²) in [5.41, 5.74) is 16.8. The molecule has 3 aromatic heterocycles. The fourth-order valence-corrected chi connectivity index (χ4v) is 6.51. The van der Waals surface area contributed by atoms with Crippen molar-refractivity contribution < 1.29 is 23.5 Å². The third-order valence-electron chi connectivity index (χ3n) is 8.99. The number of alkyl halides is 1. The molecule has 0 spiro atoms. The van der Waals surface area contributed by atoms with Crippen LogP contribution in [0.15, 0.2) is 48.5 Å². The van der Waals surface area contributed by atoms with Crippen molar-refractivity contribution >= 4 is 33.9 Å². The standard InChI is InChI=1S/C34H36FN7O4/c1-40-30-26(10-21(13-29(30)46-3)34(44)41-16-22(35)14-23(36)17-41)39-33(40)27-11-20-7-9-25(38-32(20)42(27)15-18-4-5-18)19-6-8-24(31(37)43)28(12-19)45-2/h6-13,18,22-23H,4-5,14-17,36H2,1-3H3,(H2,37,43)/t22-,23-/m1/s1. The van der Waals surface area contributed by atoms with E-state index in [9.17, 15) is 14.0 Å². The van der Waals surface area contributed by atoms with Gasteiger partial charge in [0, 0.05) is 42.7 Å². The van der Waals surface area contributed by atoms with Gasteiger partial charge >= 0.3 is 0 Å². The molecular weight excluding hydrogens is 589 g/mol. The van der Waals surface area contributed by atoms with E-state index in [1.165, 1.54) is 12.0 Å². The molecule has 2 aliphatic rings. The molecule has 2 amide bonds. The van der Waals surface area contributed by atoms with Crippen molar-refractivity contribution in [2.24, 2.45) is 24.4 Å². The van der Waals surface area contributed by atoms with E-state index < -0.39 is 18.1 Å². The van der Waals surface area contributed by atoms with Crippen molar-refractivity contribution in [1.82, 2.24) is 24.0 Å². The Labute approximate surface area is 264 Å². The van der Waals surface area contributed by atoms with Crippen LogP contribution >= 0.6 is 0 Å². The molecule has 11 nitrogen and oxygen atoms in total. The molecule has 2 aromatic carbocycles. The molecule has 2 atom stereocenters. The van der Waals surface area contributed by atoms with Gasteiger partial charge in [-0.3, -0.25) is 9.59 Å². The average Bonchev–Trinajstić information content (AvgIpc) is 3.72. The zero-order valence-corrected chi connectivity index (χ0v) is 26.0. The summed E-state index contributed by atoms with van der Waals surface area (Å²) in [5.74, 6) is 1.27. The van der Waals surface area contributed by atoms with E-state index in [1.54, 1.807) is 31.4 Å². The molecule has 1 saturated carbocycles. The van der Waals surface area contributed by atoms with Crippen molar-refractivity contribution in [2.75, 3.05) is 27.3 Å². The SMILES string of the molecule is COc1cc(-c2ccc3cc(-c4nc5cc(C(=O)N6C[C@H](N)C[C@@H](F)C6)cc(OC)c5n4C)n(CC4CC4)c3n2)ccc1C(N)=O. The van der Waals surface area contributed by atoms with E-state index >= 15 is 0 Å². The number of ether oxygens (including phenoxy) is 2. The van der Waals surface area contributed by atoms with Crippen molar-refractivity contribution in [2.45, 2.75) is 38.0 Å². The van der Waals surface area contributed by atoms with Crippen LogP contribution in [0.1, 0.15) is 40.0 Å². The van der Waals surface area contributed by atoms with Crippen LogP contribution in [0.4, 0.5) is 4.39 Å². The first-order chi connectivity index (χ1) is 22.1. The molecule has 1 aliphatic heterocycles. The maximum Gasteiger partial charge on any atom is 0.254 e. The molecule has 1 aliphatic carbocycles. The van der Waals surface area contributed by atoms with Gasteiger partial charge in [-0.25, -0.2) is 14.4 Å². The number of nitrogens with zero attached hydrogens (tertiary/aromatic N) is 5. The van der Waals surface area contributed by atoms with E-state index in [4.69, 9.17) is 30.9 Å². The Bertz CT molecular complexity index is 2000. The number of hydrogen-bond donors (Lipinski definition) is 2. The first-order valence-corrected chi connectivity index (χ1v) is 15.4. The fraction of sp³-hybridized carbons (Fsp3) is 0.353. The van der Waals surface area contributed by atoms with Gasteiger partial charge in [0.2, 0.25) is 0 Å². The van der Waals surface area contributed by atoms with Gasteiger partial charge in [0.05, 0.1) is 43.2 Å². The fourth-order valence-electron chi connectivity index (χ4n) is 6.51. The number of amides is 2. The Balaban J connectivity index is 1.33. The van der Waals surface area contributed by atoms with E-state index in [2.05, 4.69) is 10.6 Å². The number of rotatable bonds is 8.